The zero-order valence-corrected chi connectivity index (χ0v) is 23.9. The van der Waals surface area contributed by atoms with Crippen LogP contribution in [0.1, 0.15) is 11.1 Å². The van der Waals surface area contributed by atoms with Gasteiger partial charge in [0.1, 0.15) is 35.6 Å². The van der Waals surface area contributed by atoms with Gasteiger partial charge in [0.15, 0.2) is 11.6 Å². The lowest BCUT2D eigenvalue weighted by Crippen LogP contribution is -3.00. The summed E-state index contributed by atoms with van der Waals surface area (Å²) in [4.78, 5) is 0. The molecule has 0 aromatic heterocycles. The van der Waals surface area contributed by atoms with E-state index < -0.39 is 18.9 Å². The minimum atomic E-state index is -2.15. The fourth-order valence-corrected chi connectivity index (χ4v) is 9.15. The molecule has 0 bridgehead atoms. The number of rotatable bonds is 9. The lowest BCUT2D eigenvalue weighted by Gasteiger charge is -2.28. The van der Waals surface area contributed by atoms with E-state index in [1.807, 2.05) is 48.5 Å². The van der Waals surface area contributed by atoms with Crippen LogP contribution in [-0.2, 0) is 13.0 Å². The Balaban J connectivity index is 0.00000336. The van der Waals surface area contributed by atoms with Crippen LogP contribution < -0.4 is 44.6 Å². The molecule has 0 unspecified atom stereocenters. The molecule has 0 aliphatic rings. The average molecular weight is 636 g/mol. The number of ether oxygens (including phenoxy) is 1. The molecule has 1 nitrogen and oxygen atoms in total. The van der Waals surface area contributed by atoms with E-state index >= 15 is 4.39 Å². The van der Waals surface area contributed by atoms with Gasteiger partial charge in [-0.3, -0.25) is 0 Å². The summed E-state index contributed by atoms with van der Waals surface area (Å²) in [6.07, 6.45) is 1.17. The van der Waals surface area contributed by atoms with Gasteiger partial charge in [0, 0.05) is 18.1 Å². The summed E-state index contributed by atoms with van der Waals surface area (Å²) in [6, 6.07) is 43.4. The van der Waals surface area contributed by atoms with Crippen molar-refractivity contribution in [1.82, 2.24) is 0 Å². The van der Waals surface area contributed by atoms with E-state index in [4.69, 9.17) is 4.74 Å². The summed E-state index contributed by atoms with van der Waals surface area (Å²) in [7, 11) is -2.15. The van der Waals surface area contributed by atoms with Gasteiger partial charge >= 0.3 is 0 Å². The van der Waals surface area contributed by atoms with Gasteiger partial charge in [-0.2, -0.15) is 0 Å². The van der Waals surface area contributed by atoms with Gasteiger partial charge in [-0.05, 0) is 48.0 Å². The summed E-state index contributed by atoms with van der Waals surface area (Å²) in [6.45, 7) is 0.215. The van der Waals surface area contributed by atoms with Crippen molar-refractivity contribution in [2.75, 3.05) is 6.16 Å². The zero-order chi connectivity index (χ0) is 25.5. The largest absolute Gasteiger partial charge is 1.00 e. The molecule has 0 heterocycles. The minimum absolute atomic E-state index is 0. The fraction of sp³-hybridized carbons (Fsp3) is 0.0909. The van der Waals surface area contributed by atoms with E-state index in [1.165, 1.54) is 22.0 Å². The predicted octanol–water partition coefficient (Wildman–Crippen LogP) is 4.08. The Morgan fingerprint density at radius 1 is 0.579 bits per heavy atom. The average Bonchev–Trinajstić information content (AvgIpc) is 2.95. The van der Waals surface area contributed by atoms with Crippen LogP contribution in [0.25, 0.3) is 0 Å². The van der Waals surface area contributed by atoms with Crippen molar-refractivity contribution in [1.29, 1.82) is 0 Å². The number of hydrogen-bond acceptors (Lipinski definition) is 1. The van der Waals surface area contributed by atoms with Crippen LogP contribution in [0, 0.1) is 11.6 Å². The van der Waals surface area contributed by atoms with Crippen LogP contribution in [0.15, 0.2) is 133 Å². The second-order valence-electron chi connectivity index (χ2n) is 8.94. The summed E-state index contributed by atoms with van der Waals surface area (Å²) >= 11 is 0. The Morgan fingerprint density at radius 3 is 1.50 bits per heavy atom. The predicted molar refractivity (Wildman–Crippen MR) is 151 cm³/mol. The molecule has 5 aromatic carbocycles. The first-order valence-electron chi connectivity index (χ1n) is 12.4. The van der Waals surface area contributed by atoms with Gasteiger partial charge in [-0.1, -0.05) is 84.9 Å². The molecule has 0 aliphatic carbocycles. The molecule has 192 valence electrons. The Bertz CT molecular complexity index is 1340. The van der Waals surface area contributed by atoms with Gasteiger partial charge in [-0.25, -0.2) is 8.78 Å². The van der Waals surface area contributed by atoms with Gasteiger partial charge in [0.25, 0.3) is 0 Å². The van der Waals surface area contributed by atoms with Crippen molar-refractivity contribution in [2.24, 2.45) is 0 Å². The second kappa shape index (κ2) is 13.1. The molecule has 0 fully saturated rings. The van der Waals surface area contributed by atoms with E-state index in [-0.39, 0.29) is 36.3 Å². The summed E-state index contributed by atoms with van der Waals surface area (Å²) < 4.78 is 35.5. The van der Waals surface area contributed by atoms with Crippen LogP contribution in [0.5, 0.6) is 5.75 Å². The molecule has 5 aromatic rings. The van der Waals surface area contributed by atoms with Crippen molar-refractivity contribution in [2.45, 2.75) is 13.0 Å². The topological polar surface area (TPSA) is 9.23 Å². The van der Waals surface area contributed by atoms with Crippen LogP contribution in [0.2, 0.25) is 0 Å². The number of hydrogen-bond donors (Lipinski definition) is 0. The first kappa shape index (κ1) is 27.9. The van der Waals surface area contributed by atoms with Crippen LogP contribution in [0.4, 0.5) is 8.78 Å². The maximum atomic E-state index is 15.0. The minimum Gasteiger partial charge on any atom is -1.00 e. The van der Waals surface area contributed by atoms with Crippen LogP contribution >= 0.6 is 7.26 Å². The molecule has 38 heavy (non-hydrogen) atoms. The summed E-state index contributed by atoms with van der Waals surface area (Å²) in [5.74, 6) is -1.14. The zero-order valence-electron chi connectivity index (χ0n) is 20.8. The summed E-state index contributed by atoms with van der Waals surface area (Å²) in [5.41, 5.74) is 1.47. The molecule has 0 saturated carbocycles. The highest BCUT2D eigenvalue weighted by Crippen LogP contribution is 2.55. The monoisotopic (exact) mass is 636 g/mol. The smallest absolute Gasteiger partial charge is 0.168 e. The maximum Gasteiger partial charge on any atom is 0.168 e. The van der Waals surface area contributed by atoms with E-state index in [0.29, 0.717) is 18.1 Å². The number of aryl methyl sites for hydroxylation is 1. The van der Waals surface area contributed by atoms with E-state index in [1.54, 1.807) is 0 Å². The Labute approximate surface area is 240 Å². The normalized spacial score (nSPS) is 11.0. The van der Waals surface area contributed by atoms with E-state index in [9.17, 15) is 4.39 Å². The Morgan fingerprint density at radius 2 is 1.03 bits per heavy atom. The highest BCUT2D eigenvalue weighted by Gasteiger charge is 2.45. The standard InChI is InChI=1S/C33H28F2OP.HI/c34-28-23-27(33(32(35)24-28)36-25-26-13-5-1-6-14-26)21-22-37(29-15-7-2-8-16-29,30-17-9-3-10-18-30)31-19-11-4-12-20-31;/h1-20,23-24H,21-22,25H2;1H/q+1;/p-1. The molecule has 0 amide bonds. The first-order chi connectivity index (χ1) is 18.2. The van der Waals surface area contributed by atoms with Crippen LogP contribution in [0.3, 0.4) is 0 Å². The molecule has 0 aliphatic heterocycles. The second-order valence-corrected chi connectivity index (χ2v) is 12.6. The number of halogens is 3. The highest BCUT2D eigenvalue weighted by molar-refractivity contribution is 7.95. The van der Waals surface area contributed by atoms with Crippen molar-refractivity contribution >= 4 is 23.2 Å². The summed E-state index contributed by atoms with van der Waals surface area (Å²) in [5, 5.41) is 3.70. The molecular weight excluding hydrogens is 608 g/mol. The molecule has 0 atom stereocenters. The molecule has 0 radical (unpaired) electrons. The van der Waals surface area contributed by atoms with E-state index in [0.717, 1.165) is 11.6 Å². The molecule has 0 spiro atoms. The van der Waals surface area contributed by atoms with Gasteiger partial charge in [0.05, 0.1) is 6.16 Å². The quantitative estimate of drug-likeness (QED) is 0.175. The van der Waals surface area contributed by atoms with Gasteiger partial charge in [0.2, 0.25) is 0 Å². The van der Waals surface area contributed by atoms with Crippen molar-refractivity contribution < 1.29 is 37.5 Å². The van der Waals surface area contributed by atoms with Crippen molar-refractivity contribution in [3.05, 3.63) is 156 Å². The van der Waals surface area contributed by atoms with Crippen LogP contribution in [-0.4, -0.2) is 6.16 Å². The SMILES string of the molecule is Fc1cc(F)c(OCc2ccccc2)c(CC[P+](c2ccccc2)(c2ccccc2)c2ccccc2)c1.[I-]. The van der Waals surface area contributed by atoms with Crippen molar-refractivity contribution in [3.8, 4) is 5.75 Å². The maximum absolute atomic E-state index is 15.0. The third-order valence-electron chi connectivity index (χ3n) is 6.62. The fourth-order valence-electron chi connectivity index (χ4n) is 4.86. The molecule has 0 N–H and O–H groups in total. The van der Waals surface area contributed by atoms with Gasteiger partial charge < -0.3 is 28.7 Å². The lowest BCUT2D eigenvalue weighted by molar-refractivity contribution is -0.00000864. The molecule has 5 rings (SSSR count). The number of benzene rings is 5. The van der Waals surface area contributed by atoms with E-state index in [2.05, 4.69) is 72.8 Å². The Kier molecular flexibility index (Phi) is 9.65. The molecule has 0 saturated heterocycles. The lowest BCUT2D eigenvalue weighted by atomic mass is 10.1. The molecule has 5 heteroatoms. The first-order valence-corrected chi connectivity index (χ1v) is 14.3. The third kappa shape index (κ3) is 6.14. The van der Waals surface area contributed by atoms with Gasteiger partial charge in [-0.15, -0.1) is 0 Å². The third-order valence-corrected chi connectivity index (χ3v) is 11.1. The molecular formula is C33H28F2IOP. The highest BCUT2D eigenvalue weighted by atomic mass is 127. The van der Waals surface area contributed by atoms with Crippen molar-refractivity contribution in [3.63, 3.8) is 0 Å². The Hall–Kier alpha value is -3.08.